The van der Waals surface area contributed by atoms with Gasteiger partial charge in [0.1, 0.15) is 6.10 Å². The molecule has 0 aromatic heterocycles. The van der Waals surface area contributed by atoms with Gasteiger partial charge in [-0.2, -0.15) is 0 Å². The highest BCUT2D eigenvalue weighted by molar-refractivity contribution is 5.89. The number of nitrogens with zero attached hydrogens (tertiary/aromatic N) is 1. The Morgan fingerprint density at radius 3 is 2.57 bits per heavy atom. The molecule has 6 rings (SSSR count). The van der Waals surface area contributed by atoms with E-state index in [0.717, 1.165) is 32.3 Å². The molecule has 2 heterocycles. The Balaban J connectivity index is 1.14. The van der Waals surface area contributed by atoms with E-state index in [-0.39, 0.29) is 23.3 Å². The van der Waals surface area contributed by atoms with Crippen molar-refractivity contribution in [2.24, 2.45) is 40.9 Å². The van der Waals surface area contributed by atoms with Gasteiger partial charge in [0, 0.05) is 30.4 Å². The number of carbonyl (C=O) groups is 1. The highest BCUT2D eigenvalue weighted by atomic mass is 16.7. The minimum absolute atomic E-state index is 0.0298. The first-order valence-electron chi connectivity index (χ1n) is 14.2. The maximum absolute atomic E-state index is 12.7. The van der Waals surface area contributed by atoms with Crippen LogP contribution < -0.4 is 0 Å². The number of rotatable bonds is 3. The van der Waals surface area contributed by atoms with Crippen molar-refractivity contribution in [1.29, 1.82) is 0 Å². The monoisotopic (exact) mass is 509 g/mol. The second-order valence-electron chi connectivity index (χ2n) is 12.7. The Hall–Kier alpha value is -2.25. The number of ether oxygens (including phenoxy) is 3. The summed E-state index contributed by atoms with van der Waals surface area (Å²) in [6, 6.07) is 5.65. The fourth-order valence-corrected chi connectivity index (χ4v) is 8.35. The number of non-ortho nitro benzene ring substituents is 1. The smallest absolute Gasteiger partial charge is 0.338 e. The Labute approximate surface area is 219 Å². The van der Waals surface area contributed by atoms with Crippen LogP contribution in [0.3, 0.4) is 0 Å². The van der Waals surface area contributed by atoms with Crippen LogP contribution in [0.25, 0.3) is 0 Å². The minimum atomic E-state index is -0.465. The van der Waals surface area contributed by atoms with Crippen molar-refractivity contribution in [3.8, 4) is 0 Å². The normalized spacial score (nSPS) is 44.5. The quantitative estimate of drug-likeness (QED) is 0.205. The molecule has 0 unspecified atom stereocenters. The molecule has 1 spiro atoms. The lowest BCUT2D eigenvalue weighted by Gasteiger charge is -2.55. The predicted molar refractivity (Wildman–Crippen MR) is 138 cm³/mol. The Bertz CT molecular complexity index is 1080. The van der Waals surface area contributed by atoms with Gasteiger partial charge in [-0.1, -0.05) is 32.9 Å². The van der Waals surface area contributed by atoms with Crippen molar-refractivity contribution in [1.82, 2.24) is 0 Å². The van der Waals surface area contributed by atoms with E-state index in [4.69, 9.17) is 14.2 Å². The van der Waals surface area contributed by atoms with Crippen LogP contribution in [0, 0.1) is 51.0 Å². The van der Waals surface area contributed by atoms with E-state index < -0.39 is 16.7 Å². The molecule has 1 aromatic rings. The first kappa shape index (κ1) is 25.1. The molecule has 3 aliphatic carbocycles. The summed E-state index contributed by atoms with van der Waals surface area (Å²) in [7, 11) is 0. The predicted octanol–water partition coefficient (Wildman–Crippen LogP) is 6.32. The number of esters is 1. The average Bonchev–Trinajstić information content (AvgIpc) is 3.17. The summed E-state index contributed by atoms with van der Waals surface area (Å²) >= 11 is 0. The Morgan fingerprint density at radius 2 is 1.86 bits per heavy atom. The summed E-state index contributed by atoms with van der Waals surface area (Å²) in [5.41, 5.74) is 0.500. The third kappa shape index (κ3) is 4.13. The lowest BCUT2D eigenvalue weighted by atomic mass is 9.50. The molecule has 37 heavy (non-hydrogen) atoms. The summed E-state index contributed by atoms with van der Waals surface area (Å²) < 4.78 is 19.2. The molecule has 2 saturated carbocycles. The van der Waals surface area contributed by atoms with Crippen molar-refractivity contribution in [3.05, 3.63) is 52.1 Å². The molecule has 200 valence electrons. The van der Waals surface area contributed by atoms with Crippen molar-refractivity contribution in [2.45, 2.75) is 83.7 Å². The zero-order valence-corrected chi connectivity index (χ0v) is 22.1. The molecule has 2 aliphatic heterocycles. The number of benzene rings is 1. The first-order chi connectivity index (χ1) is 17.7. The number of carbonyl (C=O) groups excluding carboxylic acids is 1. The second kappa shape index (κ2) is 9.19. The molecule has 1 aromatic carbocycles. The average molecular weight is 510 g/mol. The molecule has 0 amide bonds. The van der Waals surface area contributed by atoms with E-state index in [9.17, 15) is 14.9 Å². The van der Waals surface area contributed by atoms with Crippen molar-refractivity contribution >= 4 is 11.7 Å². The summed E-state index contributed by atoms with van der Waals surface area (Å²) in [5.74, 6) is 2.15. The SMILES string of the molecule is C[C@H]1CC[C@@]2(OC1)O[C@H]1[C@H]3C=C[C@H]4C[C@@H](OC(=O)c5ccc([N+](=O)[O-])cc5)CC[C@]4(C)[C@@H]3CC[C@H]1[C@H]2C. The van der Waals surface area contributed by atoms with Gasteiger partial charge in [0.25, 0.3) is 5.69 Å². The van der Waals surface area contributed by atoms with E-state index in [2.05, 4.69) is 32.9 Å². The van der Waals surface area contributed by atoms with Gasteiger partial charge in [-0.3, -0.25) is 10.1 Å². The molecule has 2 saturated heterocycles. The molecule has 4 fully saturated rings. The van der Waals surface area contributed by atoms with Crippen molar-refractivity contribution in [2.75, 3.05) is 6.61 Å². The molecule has 0 N–H and O–H groups in total. The van der Waals surface area contributed by atoms with Gasteiger partial charge in [-0.25, -0.2) is 4.79 Å². The molecule has 7 nitrogen and oxygen atoms in total. The molecule has 10 atom stereocenters. The number of nitro benzene ring substituents is 1. The third-order valence-corrected chi connectivity index (χ3v) is 10.7. The summed E-state index contributed by atoms with van der Waals surface area (Å²) in [6.07, 6.45) is 12.2. The highest BCUT2D eigenvalue weighted by Gasteiger charge is 2.61. The molecule has 0 bridgehead atoms. The maximum atomic E-state index is 12.7. The number of hydrogen-bond acceptors (Lipinski definition) is 6. The van der Waals surface area contributed by atoms with Gasteiger partial charge >= 0.3 is 5.97 Å². The zero-order valence-electron chi connectivity index (χ0n) is 22.1. The molecule has 0 radical (unpaired) electrons. The van der Waals surface area contributed by atoms with Crippen LogP contribution in [-0.2, 0) is 14.2 Å². The summed E-state index contributed by atoms with van der Waals surface area (Å²) in [6.45, 7) is 7.86. The largest absolute Gasteiger partial charge is 0.459 e. The minimum Gasteiger partial charge on any atom is -0.459 e. The van der Waals surface area contributed by atoms with Gasteiger partial charge in [0.2, 0.25) is 0 Å². The van der Waals surface area contributed by atoms with Crippen molar-refractivity contribution < 1.29 is 23.9 Å². The van der Waals surface area contributed by atoms with Gasteiger partial charge in [0.15, 0.2) is 5.79 Å². The molecule has 7 heteroatoms. The van der Waals surface area contributed by atoms with Gasteiger partial charge in [-0.05, 0) is 79.7 Å². The van der Waals surface area contributed by atoms with E-state index in [0.29, 0.717) is 41.1 Å². The van der Waals surface area contributed by atoms with Gasteiger partial charge < -0.3 is 14.2 Å². The number of nitro groups is 1. The van der Waals surface area contributed by atoms with Crippen LogP contribution in [0.5, 0.6) is 0 Å². The van der Waals surface area contributed by atoms with Crippen LogP contribution in [0.2, 0.25) is 0 Å². The van der Waals surface area contributed by atoms with Gasteiger partial charge in [0.05, 0.1) is 23.2 Å². The summed E-state index contributed by atoms with van der Waals surface area (Å²) in [5, 5.41) is 10.9. The van der Waals surface area contributed by atoms with E-state index in [1.54, 1.807) is 0 Å². The van der Waals surface area contributed by atoms with Crippen LogP contribution in [-0.4, -0.2) is 35.5 Å². The van der Waals surface area contributed by atoms with Crippen LogP contribution in [0.1, 0.15) is 76.1 Å². The maximum Gasteiger partial charge on any atom is 0.338 e. The standard InChI is InChI=1S/C30H39NO6/c1-18-12-15-30(35-17-18)19(2)24-10-11-26-25(27(24)37-30)9-6-21-16-23(13-14-29(21,26)3)36-28(32)20-4-7-22(8-5-20)31(33)34/h4-9,18-19,21,23-27H,10-17H2,1-3H3/t18-,19+,21-,23-,24-,25-,26+,27+,29-,30+/m0/s1. The molecular formula is C30H39NO6. The lowest BCUT2D eigenvalue weighted by molar-refractivity contribution is -0.384. The van der Waals surface area contributed by atoms with Crippen LogP contribution in [0.15, 0.2) is 36.4 Å². The van der Waals surface area contributed by atoms with Crippen LogP contribution in [0.4, 0.5) is 5.69 Å². The second-order valence-corrected chi connectivity index (χ2v) is 12.7. The third-order valence-electron chi connectivity index (χ3n) is 10.7. The number of allylic oxidation sites excluding steroid dienone is 1. The summed E-state index contributed by atoms with van der Waals surface area (Å²) in [4.78, 5) is 23.2. The van der Waals surface area contributed by atoms with Crippen molar-refractivity contribution in [3.63, 3.8) is 0 Å². The zero-order chi connectivity index (χ0) is 25.9. The lowest BCUT2D eigenvalue weighted by Crippen LogP contribution is -2.52. The number of hydrogen-bond donors (Lipinski definition) is 0. The molecule has 5 aliphatic rings. The van der Waals surface area contributed by atoms with Gasteiger partial charge in [-0.15, -0.1) is 0 Å². The van der Waals surface area contributed by atoms with Crippen LogP contribution >= 0.6 is 0 Å². The fourth-order valence-electron chi connectivity index (χ4n) is 8.35. The van der Waals surface area contributed by atoms with E-state index in [1.165, 1.54) is 43.5 Å². The Morgan fingerprint density at radius 1 is 1.08 bits per heavy atom. The molecular weight excluding hydrogens is 470 g/mol. The van der Waals surface area contributed by atoms with E-state index >= 15 is 0 Å². The Kier molecular flexibility index (Phi) is 6.22. The number of fused-ring (bicyclic) bond motifs is 5. The first-order valence-corrected chi connectivity index (χ1v) is 14.2. The highest BCUT2D eigenvalue weighted by Crippen LogP contribution is 2.62. The topological polar surface area (TPSA) is 87.9 Å². The van der Waals surface area contributed by atoms with E-state index in [1.807, 2.05) is 0 Å². The fraction of sp³-hybridized carbons (Fsp3) is 0.700.